The van der Waals surface area contributed by atoms with Crippen LogP contribution in [0, 0.1) is 23.7 Å². The molecule has 1 rings (SSSR count). The van der Waals surface area contributed by atoms with E-state index in [0.717, 1.165) is 5.56 Å². The number of amides is 1. The topological polar surface area (TPSA) is 78.9 Å². The van der Waals surface area contributed by atoms with Gasteiger partial charge < -0.3 is 11.1 Å². The van der Waals surface area contributed by atoms with Crippen LogP contribution in [0.2, 0.25) is 0 Å². The van der Waals surface area contributed by atoms with Crippen molar-refractivity contribution < 1.29 is 4.79 Å². The molecule has 1 atom stereocenters. The molecule has 0 aliphatic carbocycles. The Balaban J connectivity index is 2.92. The molecule has 0 unspecified atom stereocenters. The molecule has 0 bridgehead atoms. The minimum Gasteiger partial charge on any atom is -0.324 e. The number of nitrogens with one attached hydrogen (secondary N) is 1. The van der Waals surface area contributed by atoms with Crippen LogP contribution in [0.4, 0.5) is 5.69 Å². The molecule has 0 saturated heterocycles. The predicted molar refractivity (Wildman–Crippen MR) is 72.0 cm³/mol. The minimum absolute atomic E-state index is 0.235. The molecule has 1 aromatic rings. The van der Waals surface area contributed by atoms with E-state index in [1.807, 2.05) is 33.8 Å². The fourth-order valence-corrected chi connectivity index (χ4v) is 1.43. The highest BCUT2D eigenvalue weighted by Crippen LogP contribution is 2.21. The molecule has 0 aliphatic rings. The van der Waals surface area contributed by atoms with Gasteiger partial charge in [-0.25, -0.2) is 0 Å². The van der Waals surface area contributed by atoms with Crippen molar-refractivity contribution in [2.45, 2.75) is 33.7 Å². The summed E-state index contributed by atoms with van der Waals surface area (Å²) in [5.41, 5.74) is 7.64. The van der Waals surface area contributed by atoms with Gasteiger partial charge in [0.15, 0.2) is 0 Å². The number of hydrogen-bond acceptors (Lipinski definition) is 3. The maximum atomic E-state index is 12.0. The van der Waals surface area contributed by atoms with Gasteiger partial charge in [-0.05, 0) is 30.0 Å². The Bertz CT molecular complexity index is 495. The molecule has 0 radical (unpaired) electrons. The van der Waals surface area contributed by atoms with Gasteiger partial charge in [-0.1, -0.05) is 26.8 Å². The van der Waals surface area contributed by atoms with Crippen LogP contribution >= 0.6 is 0 Å². The lowest BCUT2D eigenvalue weighted by Crippen LogP contribution is -2.45. The van der Waals surface area contributed by atoms with Crippen molar-refractivity contribution in [3.63, 3.8) is 0 Å². The fraction of sp³-hybridized carbons (Fsp3) is 0.429. The lowest BCUT2D eigenvalue weighted by atomic mass is 9.87. The Hall–Kier alpha value is -1.86. The summed E-state index contributed by atoms with van der Waals surface area (Å²) in [6.45, 7) is 7.61. The molecule has 4 nitrogen and oxygen atoms in total. The number of carbonyl (C=O) groups excluding carboxylic acids is 1. The third-order valence-corrected chi connectivity index (χ3v) is 2.84. The summed E-state index contributed by atoms with van der Waals surface area (Å²) in [5, 5.41) is 11.6. The van der Waals surface area contributed by atoms with Crippen molar-refractivity contribution >= 4 is 11.6 Å². The van der Waals surface area contributed by atoms with Crippen molar-refractivity contribution in [3.8, 4) is 6.07 Å². The Morgan fingerprint density at radius 1 is 1.44 bits per heavy atom. The first-order chi connectivity index (χ1) is 8.25. The average Bonchev–Trinajstić information content (AvgIpc) is 2.29. The summed E-state index contributed by atoms with van der Waals surface area (Å²) in [7, 11) is 0. The van der Waals surface area contributed by atoms with Crippen LogP contribution in [0.5, 0.6) is 0 Å². The van der Waals surface area contributed by atoms with Crippen molar-refractivity contribution in [1.29, 1.82) is 5.26 Å². The first-order valence-corrected chi connectivity index (χ1v) is 5.83. The van der Waals surface area contributed by atoms with Gasteiger partial charge in [0, 0.05) is 5.69 Å². The van der Waals surface area contributed by atoms with Gasteiger partial charge in [0.05, 0.1) is 17.7 Å². The first-order valence-electron chi connectivity index (χ1n) is 5.83. The van der Waals surface area contributed by atoms with Crippen LogP contribution in [0.1, 0.15) is 31.9 Å². The van der Waals surface area contributed by atoms with Gasteiger partial charge in [0.2, 0.25) is 5.91 Å². The molecular formula is C14H19N3O. The summed E-state index contributed by atoms with van der Waals surface area (Å²) in [6, 6.07) is 6.62. The second-order valence-electron chi connectivity index (χ2n) is 5.47. The standard InChI is InChI=1S/C14H19N3O/c1-9-5-6-10(8-15)7-11(9)17-13(18)12(16)14(2,3)4/h5-7,12H,16H2,1-4H3,(H,17,18)/t12-/m0/s1. The number of nitrogens with zero attached hydrogens (tertiary/aromatic N) is 1. The number of benzene rings is 1. The van der Waals surface area contributed by atoms with Crippen molar-refractivity contribution in [2.75, 3.05) is 5.32 Å². The van der Waals surface area contributed by atoms with Crippen LogP contribution in [0.25, 0.3) is 0 Å². The number of nitrogens with two attached hydrogens (primary N) is 1. The number of rotatable bonds is 2. The van der Waals surface area contributed by atoms with Crippen LogP contribution in [-0.4, -0.2) is 11.9 Å². The lowest BCUT2D eigenvalue weighted by Gasteiger charge is -2.26. The molecule has 0 fully saturated rings. The Labute approximate surface area is 108 Å². The Morgan fingerprint density at radius 3 is 2.56 bits per heavy atom. The van der Waals surface area contributed by atoms with Crippen LogP contribution in [-0.2, 0) is 4.79 Å². The van der Waals surface area contributed by atoms with E-state index in [4.69, 9.17) is 11.0 Å². The smallest absolute Gasteiger partial charge is 0.241 e. The van der Waals surface area contributed by atoms with E-state index in [0.29, 0.717) is 11.3 Å². The highest BCUT2D eigenvalue weighted by molar-refractivity contribution is 5.96. The molecule has 1 aromatic carbocycles. The van der Waals surface area contributed by atoms with Crippen molar-refractivity contribution in [1.82, 2.24) is 0 Å². The minimum atomic E-state index is -0.595. The third-order valence-electron chi connectivity index (χ3n) is 2.84. The molecule has 0 saturated carbocycles. The summed E-state index contributed by atoms with van der Waals surface area (Å²) < 4.78 is 0. The molecule has 3 N–H and O–H groups in total. The molecule has 1 amide bonds. The van der Waals surface area contributed by atoms with Crippen LogP contribution in [0.3, 0.4) is 0 Å². The zero-order valence-electron chi connectivity index (χ0n) is 11.2. The molecule has 18 heavy (non-hydrogen) atoms. The summed E-state index contributed by atoms with van der Waals surface area (Å²) in [5.74, 6) is -0.235. The molecule has 0 heterocycles. The molecule has 0 aromatic heterocycles. The second-order valence-corrected chi connectivity index (χ2v) is 5.47. The Kier molecular flexibility index (Phi) is 4.10. The number of hydrogen-bond donors (Lipinski definition) is 2. The van der Waals surface area contributed by atoms with E-state index >= 15 is 0 Å². The molecular weight excluding hydrogens is 226 g/mol. The fourth-order valence-electron chi connectivity index (χ4n) is 1.43. The van der Waals surface area contributed by atoms with Gasteiger partial charge in [-0.3, -0.25) is 4.79 Å². The first kappa shape index (κ1) is 14.2. The molecule has 4 heteroatoms. The normalized spacial score (nSPS) is 12.7. The molecule has 96 valence electrons. The highest BCUT2D eigenvalue weighted by atomic mass is 16.2. The van der Waals surface area contributed by atoms with Crippen molar-refractivity contribution in [2.24, 2.45) is 11.1 Å². The number of anilines is 1. The average molecular weight is 245 g/mol. The second kappa shape index (κ2) is 5.19. The Morgan fingerprint density at radius 2 is 2.06 bits per heavy atom. The number of carbonyl (C=O) groups is 1. The van der Waals surface area contributed by atoms with Gasteiger partial charge in [-0.15, -0.1) is 0 Å². The van der Waals surface area contributed by atoms with E-state index in [1.165, 1.54) is 0 Å². The van der Waals surface area contributed by atoms with E-state index in [9.17, 15) is 4.79 Å². The lowest BCUT2D eigenvalue weighted by molar-refractivity contribution is -0.119. The quantitative estimate of drug-likeness (QED) is 0.838. The third kappa shape index (κ3) is 3.31. The van der Waals surface area contributed by atoms with Gasteiger partial charge in [-0.2, -0.15) is 5.26 Å². The monoisotopic (exact) mass is 245 g/mol. The number of nitriles is 1. The van der Waals surface area contributed by atoms with Crippen LogP contribution < -0.4 is 11.1 Å². The van der Waals surface area contributed by atoms with Gasteiger partial charge >= 0.3 is 0 Å². The van der Waals surface area contributed by atoms with E-state index in [-0.39, 0.29) is 11.3 Å². The summed E-state index contributed by atoms with van der Waals surface area (Å²) in [4.78, 5) is 12.0. The van der Waals surface area contributed by atoms with E-state index in [2.05, 4.69) is 5.32 Å². The van der Waals surface area contributed by atoms with E-state index in [1.54, 1.807) is 18.2 Å². The van der Waals surface area contributed by atoms with Gasteiger partial charge in [0.25, 0.3) is 0 Å². The summed E-state index contributed by atoms with van der Waals surface area (Å²) >= 11 is 0. The zero-order valence-corrected chi connectivity index (χ0v) is 11.2. The maximum Gasteiger partial charge on any atom is 0.241 e. The molecule has 0 spiro atoms. The number of aryl methyl sites for hydroxylation is 1. The van der Waals surface area contributed by atoms with E-state index < -0.39 is 6.04 Å². The molecule has 0 aliphatic heterocycles. The largest absolute Gasteiger partial charge is 0.324 e. The van der Waals surface area contributed by atoms with Crippen molar-refractivity contribution in [3.05, 3.63) is 29.3 Å². The van der Waals surface area contributed by atoms with Crippen LogP contribution in [0.15, 0.2) is 18.2 Å². The zero-order chi connectivity index (χ0) is 13.9. The SMILES string of the molecule is Cc1ccc(C#N)cc1NC(=O)[C@H](N)C(C)(C)C. The highest BCUT2D eigenvalue weighted by Gasteiger charge is 2.27. The maximum absolute atomic E-state index is 12.0. The predicted octanol–water partition coefficient (Wildman–Crippen LogP) is 2.18. The van der Waals surface area contributed by atoms with Gasteiger partial charge in [0.1, 0.15) is 0 Å². The summed E-state index contributed by atoms with van der Waals surface area (Å²) in [6.07, 6.45) is 0.